The Bertz CT molecular complexity index is 1010. The van der Waals surface area contributed by atoms with E-state index < -0.39 is 0 Å². The van der Waals surface area contributed by atoms with Crippen LogP contribution in [0.5, 0.6) is 11.5 Å². The Kier molecular flexibility index (Phi) is 3.41. The van der Waals surface area contributed by atoms with E-state index >= 15 is 0 Å². The van der Waals surface area contributed by atoms with Crippen molar-refractivity contribution in [2.24, 2.45) is 35.5 Å². The molecule has 2 amide bonds. The van der Waals surface area contributed by atoms with Gasteiger partial charge in [0.25, 0.3) is 0 Å². The van der Waals surface area contributed by atoms with Gasteiger partial charge in [-0.3, -0.25) is 14.5 Å². The van der Waals surface area contributed by atoms with Crippen LogP contribution in [0.2, 0.25) is 0 Å². The molecule has 7 rings (SSSR count). The normalized spacial score (nSPS) is 33.7. The van der Waals surface area contributed by atoms with E-state index in [1.54, 1.807) is 0 Å². The Hall–Kier alpha value is -2.88. The summed E-state index contributed by atoms with van der Waals surface area (Å²) in [4.78, 5) is 27.8. The minimum absolute atomic E-state index is 0.0207. The molecule has 6 atom stereocenters. The molecule has 0 radical (unpaired) electrons. The molecule has 4 heteroatoms. The standard InChI is InChI=1S/C25H23NO3/c1-13-9-14(2)11-17(10-13)29-16-5-3-15(4-6-16)26-24(27)22-18-7-8-19(21-12-20(18)21)23(22)25(26)28/h3-11,18-23H,12H2,1-2H3/t18-,19+,20-,21-,22+,23+/m1/s1. The molecule has 3 fully saturated rings. The van der Waals surface area contributed by atoms with Crippen molar-refractivity contribution in [1.82, 2.24) is 0 Å². The van der Waals surface area contributed by atoms with E-state index in [-0.39, 0.29) is 35.5 Å². The van der Waals surface area contributed by atoms with E-state index in [0.717, 1.165) is 16.9 Å². The summed E-state index contributed by atoms with van der Waals surface area (Å²) in [5, 5.41) is 0. The molecule has 4 nitrogen and oxygen atoms in total. The number of benzene rings is 2. The number of amides is 2. The van der Waals surface area contributed by atoms with Crippen molar-refractivity contribution < 1.29 is 14.3 Å². The number of anilines is 1. The van der Waals surface area contributed by atoms with E-state index in [0.29, 0.717) is 23.3 Å². The van der Waals surface area contributed by atoms with Crippen LogP contribution in [-0.4, -0.2) is 11.8 Å². The lowest BCUT2D eigenvalue weighted by atomic mass is 9.63. The number of hydrogen-bond donors (Lipinski definition) is 0. The van der Waals surface area contributed by atoms with Crippen molar-refractivity contribution in [3.8, 4) is 11.5 Å². The Morgan fingerprint density at radius 3 is 1.90 bits per heavy atom. The molecule has 5 aliphatic rings. The zero-order chi connectivity index (χ0) is 19.9. The highest BCUT2D eigenvalue weighted by Crippen LogP contribution is 2.65. The predicted molar refractivity (Wildman–Crippen MR) is 110 cm³/mol. The van der Waals surface area contributed by atoms with Crippen LogP contribution in [0, 0.1) is 49.4 Å². The summed E-state index contributed by atoms with van der Waals surface area (Å²) in [6, 6.07) is 13.4. The quantitative estimate of drug-likeness (QED) is 0.571. The predicted octanol–water partition coefficient (Wildman–Crippen LogP) is 4.65. The number of ether oxygens (including phenoxy) is 1. The fourth-order valence-corrected chi connectivity index (χ4v) is 6.00. The summed E-state index contributed by atoms with van der Waals surface area (Å²) < 4.78 is 5.97. The molecule has 4 aliphatic carbocycles. The van der Waals surface area contributed by atoms with E-state index in [4.69, 9.17) is 4.74 Å². The van der Waals surface area contributed by atoms with Crippen molar-refractivity contribution >= 4 is 17.5 Å². The molecule has 2 saturated carbocycles. The first-order valence-electron chi connectivity index (χ1n) is 10.4. The summed E-state index contributed by atoms with van der Waals surface area (Å²) >= 11 is 0. The molecular weight excluding hydrogens is 362 g/mol. The van der Waals surface area contributed by atoms with Gasteiger partial charge in [-0.05, 0) is 91.5 Å². The average Bonchev–Trinajstić information content (AvgIpc) is 3.46. The van der Waals surface area contributed by atoms with Crippen LogP contribution >= 0.6 is 0 Å². The van der Waals surface area contributed by atoms with Crippen molar-refractivity contribution in [3.05, 3.63) is 65.7 Å². The first-order chi connectivity index (χ1) is 14.0. The maximum Gasteiger partial charge on any atom is 0.238 e. The number of imide groups is 1. The molecular formula is C25H23NO3. The largest absolute Gasteiger partial charge is 0.457 e. The smallest absolute Gasteiger partial charge is 0.238 e. The summed E-state index contributed by atoms with van der Waals surface area (Å²) in [5.74, 6) is 2.87. The molecule has 2 aromatic rings. The zero-order valence-corrected chi connectivity index (χ0v) is 16.5. The van der Waals surface area contributed by atoms with Gasteiger partial charge in [-0.25, -0.2) is 0 Å². The fourth-order valence-electron chi connectivity index (χ4n) is 6.00. The van der Waals surface area contributed by atoms with Crippen LogP contribution < -0.4 is 9.64 Å². The number of carbonyl (C=O) groups excluding carboxylic acids is 2. The first kappa shape index (κ1) is 17.0. The van der Waals surface area contributed by atoms with Crippen LogP contribution in [0.15, 0.2) is 54.6 Å². The van der Waals surface area contributed by atoms with E-state index in [1.807, 2.05) is 50.2 Å². The number of hydrogen-bond acceptors (Lipinski definition) is 3. The van der Waals surface area contributed by atoms with Gasteiger partial charge in [0.15, 0.2) is 0 Å². The molecule has 1 saturated heterocycles. The monoisotopic (exact) mass is 385 g/mol. The molecule has 0 unspecified atom stereocenters. The lowest BCUT2D eigenvalue weighted by molar-refractivity contribution is -0.124. The number of aryl methyl sites for hydroxylation is 2. The molecule has 2 aromatic carbocycles. The lowest BCUT2D eigenvalue weighted by Gasteiger charge is -2.37. The maximum absolute atomic E-state index is 13.2. The Morgan fingerprint density at radius 1 is 0.793 bits per heavy atom. The van der Waals surface area contributed by atoms with Gasteiger partial charge in [0.1, 0.15) is 11.5 Å². The van der Waals surface area contributed by atoms with Gasteiger partial charge in [0, 0.05) is 0 Å². The fraction of sp³-hybridized carbons (Fsp3) is 0.360. The minimum Gasteiger partial charge on any atom is -0.457 e. The highest BCUT2D eigenvalue weighted by Gasteiger charge is 2.67. The zero-order valence-electron chi connectivity index (χ0n) is 16.5. The highest BCUT2D eigenvalue weighted by atomic mass is 16.5. The minimum atomic E-state index is -0.160. The van der Waals surface area contributed by atoms with Gasteiger partial charge in [-0.15, -0.1) is 0 Å². The van der Waals surface area contributed by atoms with Crippen LogP contribution in [0.4, 0.5) is 5.69 Å². The Balaban J connectivity index is 1.26. The van der Waals surface area contributed by atoms with Crippen LogP contribution in [0.1, 0.15) is 17.5 Å². The lowest BCUT2D eigenvalue weighted by Crippen LogP contribution is -2.40. The summed E-state index contributed by atoms with van der Waals surface area (Å²) in [5.41, 5.74) is 2.94. The third-order valence-electron chi connectivity index (χ3n) is 7.19. The van der Waals surface area contributed by atoms with Gasteiger partial charge in [0.05, 0.1) is 17.5 Å². The molecule has 0 N–H and O–H groups in total. The van der Waals surface area contributed by atoms with Crippen LogP contribution in [-0.2, 0) is 9.59 Å². The van der Waals surface area contributed by atoms with E-state index in [2.05, 4.69) is 18.2 Å². The van der Waals surface area contributed by atoms with Crippen molar-refractivity contribution in [2.45, 2.75) is 20.3 Å². The molecule has 0 aromatic heterocycles. The molecule has 0 spiro atoms. The summed E-state index contributed by atoms with van der Waals surface area (Å²) in [6.45, 7) is 4.08. The Labute approximate surface area is 170 Å². The molecule has 1 aliphatic heterocycles. The van der Waals surface area contributed by atoms with E-state index in [9.17, 15) is 9.59 Å². The Morgan fingerprint density at radius 2 is 1.34 bits per heavy atom. The van der Waals surface area contributed by atoms with Gasteiger partial charge < -0.3 is 4.74 Å². The SMILES string of the molecule is Cc1cc(C)cc(Oc2ccc(N3C(=O)[C@H]4[C@@H]5C=C[C@@H]([C@H]6C[C@H]56)[C@@H]4C3=O)cc2)c1. The molecule has 2 bridgehead atoms. The summed E-state index contributed by atoms with van der Waals surface area (Å²) in [7, 11) is 0. The molecule has 1 heterocycles. The summed E-state index contributed by atoms with van der Waals surface area (Å²) in [6.07, 6.45) is 5.59. The van der Waals surface area contributed by atoms with Gasteiger partial charge >= 0.3 is 0 Å². The van der Waals surface area contributed by atoms with Crippen molar-refractivity contribution in [3.63, 3.8) is 0 Å². The third-order valence-corrected chi connectivity index (χ3v) is 7.19. The topological polar surface area (TPSA) is 46.6 Å². The van der Waals surface area contributed by atoms with Gasteiger partial charge in [0.2, 0.25) is 11.8 Å². The second-order valence-corrected chi connectivity index (χ2v) is 9.09. The van der Waals surface area contributed by atoms with Crippen molar-refractivity contribution in [1.29, 1.82) is 0 Å². The molecule has 146 valence electrons. The van der Waals surface area contributed by atoms with Crippen LogP contribution in [0.25, 0.3) is 0 Å². The van der Waals surface area contributed by atoms with Gasteiger partial charge in [-0.2, -0.15) is 0 Å². The molecule has 29 heavy (non-hydrogen) atoms. The average molecular weight is 385 g/mol. The van der Waals surface area contributed by atoms with Crippen molar-refractivity contribution in [2.75, 3.05) is 4.90 Å². The van der Waals surface area contributed by atoms with E-state index in [1.165, 1.54) is 11.3 Å². The number of rotatable bonds is 3. The second-order valence-electron chi connectivity index (χ2n) is 9.09. The van der Waals surface area contributed by atoms with Crippen LogP contribution in [0.3, 0.4) is 0 Å². The number of allylic oxidation sites excluding steroid dienone is 2. The van der Waals surface area contributed by atoms with Gasteiger partial charge in [-0.1, -0.05) is 18.2 Å². The third kappa shape index (κ3) is 2.44. The second kappa shape index (κ2) is 5.82. The number of nitrogens with zero attached hydrogens (tertiary/aromatic N) is 1. The maximum atomic E-state index is 13.2. The first-order valence-corrected chi connectivity index (χ1v) is 10.4. The highest BCUT2D eigenvalue weighted by molar-refractivity contribution is 6.22. The number of carbonyl (C=O) groups is 2.